The van der Waals surface area contributed by atoms with Gasteiger partial charge in [0.1, 0.15) is 0 Å². The molecule has 0 aromatic rings. The Kier molecular flexibility index (Phi) is 22.4. The summed E-state index contributed by atoms with van der Waals surface area (Å²) in [7, 11) is -1.85. The molecule has 7 rings (SSSR count). The molecular weight excluding hydrogens is 910 g/mol. The van der Waals surface area contributed by atoms with Gasteiger partial charge in [-0.2, -0.15) is 5.96 Å². The third kappa shape index (κ3) is 22.0. The highest BCUT2D eigenvalue weighted by Crippen LogP contribution is 2.71. The van der Waals surface area contributed by atoms with E-state index in [1.54, 1.807) is 0 Å². The maximum atomic E-state index is 10.7. The normalized spacial score (nSPS) is 33.2. The highest BCUT2D eigenvalue weighted by Gasteiger charge is 2.63. The molecule has 8 heteroatoms. The van der Waals surface area contributed by atoms with E-state index in [1.807, 2.05) is 0 Å². The molecule has 0 spiro atoms. The third-order valence-electron chi connectivity index (χ3n) is 19.8. The summed E-state index contributed by atoms with van der Waals surface area (Å²) < 4.78 is 112. The quantitative estimate of drug-likeness (QED) is 0.0489. The van der Waals surface area contributed by atoms with Crippen LogP contribution in [-0.2, 0) is 9.16 Å². The van der Waals surface area contributed by atoms with Crippen LogP contribution in [0.25, 0.3) is 0 Å². The standard InChI is InChI=1S/C25H48O2Si.C19H34O2.2C8H18.C4H8O.FH2N/c1-22(2,3)28(7,8)27-20-11-9-15-24(6)19(20)12-13-21(24)25(17-18-25)16-10-14-23(4,5)26;1-17(2,21)9-5-11-19(12-13-19)16-8-7-14-15(20)6-4-10-18(14,16)3;2*1-3-5-7-8-6-4-2;1-2-4-5-3-1;1-2/h19-21,26H,9-18H2,1-8H3;14-16,20-21H,4-13H2,1-3H3;2*3-8H2,1-2H3;1-4H2;2H2/t19?,20-,21?,24-;14?,15-,16?,18-;;;;/m00..../s1/i4D3,5D3;1D3,2D3;;;;. The Hall–Kier alpha value is -0.0931. The number of rotatable bonds is 22. The van der Waals surface area contributed by atoms with E-state index in [0.29, 0.717) is 42.6 Å². The van der Waals surface area contributed by atoms with Crippen LogP contribution in [0.1, 0.15) is 324 Å². The van der Waals surface area contributed by atoms with Crippen LogP contribution < -0.4 is 5.96 Å². The molecule has 0 bridgehead atoms. The lowest BCUT2D eigenvalue weighted by molar-refractivity contribution is -0.0343. The average Bonchev–Trinajstić information content (AvgIpc) is 4.21. The molecule has 0 aromatic carbocycles. The molecule has 8 atom stereocenters. The van der Waals surface area contributed by atoms with Gasteiger partial charge in [-0.1, -0.05) is 165 Å². The Bertz CT molecular complexity index is 1760. The van der Waals surface area contributed by atoms with E-state index in [9.17, 15) is 15.3 Å². The monoisotopic (exact) mass is 1050 g/mol. The number of aliphatic hydroxyl groups is 3. The summed E-state index contributed by atoms with van der Waals surface area (Å²) >= 11 is 0. The summed E-state index contributed by atoms with van der Waals surface area (Å²) in [6, 6.07) is 0. The van der Waals surface area contributed by atoms with Crippen LogP contribution in [0.3, 0.4) is 0 Å². The van der Waals surface area contributed by atoms with Gasteiger partial charge in [-0.25, -0.2) is 0 Å². The van der Waals surface area contributed by atoms with Gasteiger partial charge in [0.15, 0.2) is 8.32 Å². The van der Waals surface area contributed by atoms with Crippen molar-refractivity contribution in [3.05, 3.63) is 0 Å². The summed E-state index contributed by atoms with van der Waals surface area (Å²) in [5, 5.41) is 31.8. The van der Waals surface area contributed by atoms with Gasteiger partial charge < -0.3 is 24.5 Å². The predicted octanol–water partition coefficient (Wildman–Crippen LogP) is 19.0. The Morgan fingerprint density at radius 2 is 0.958 bits per heavy atom. The topological polar surface area (TPSA) is 105 Å². The van der Waals surface area contributed by atoms with Crippen LogP contribution >= 0.6 is 0 Å². The summed E-state index contributed by atoms with van der Waals surface area (Å²) in [4.78, 5) is 0. The Morgan fingerprint density at radius 1 is 0.569 bits per heavy atom. The Morgan fingerprint density at radius 3 is 1.31 bits per heavy atom. The number of halogens is 1. The van der Waals surface area contributed by atoms with Crippen molar-refractivity contribution in [1.29, 1.82) is 0 Å². The first kappa shape index (κ1) is 50.1. The van der Waals surface area contributed by atoms with Gasteiger partial charge in [-0.05, 0) is 206 Å². The lowest BCUT2D eigenvalue weighted by Gasteiger charge is -2.50. The number of aliphatic hydroxyl groups excluding tert-OH is 1. The molecule has 0 amide bonds. The van der Waals surface area contributed by atoms with Crippen molar-refractivity contribution < 1.29 is 45.4 Å². The molecule has 7 aliphatic rings. The molecule has 1 heterocycles. The van der Waals surface area contributed by atoms with Gasteiger partial charge in [0.25, 0.3) is 0 Å². The van der Waals surface area contributed by atoms with Gasteiger partial charge >= 0.3 is 0 Å². The number of nitrogens with two attached hydrogens (primary N) is 1. The summed E-state index contributed by atoms with van der Waals surface area (Å²) in [6.07, 6.45) is 37.3. The molecule has 4 unspecified atom stereocenters. The van der Waals surface area contributed by atoms with Crippen molar-refractivity contribution in [2.75, 3.05) is 13.2 Å². The number of ether oxygens (including phenoxy) is 1. The predicted molar refractivity (Wildman–Crippen MR) is 312 cm³/mol. The number of hydrogen-bond donors (Lipinski definition) is 4. The van der Waals surface area contributed by atoms with Crippen LogP contribution in [-0.4, -0.2) is 60.3 Å². The Balaban J connectivity index is 0.000000422. The molecule has 6 saturated carbocycles. The van der Waals surface area contributed by atoms with Gasteiger partial charge in [0.05, 0.1) is 17.3 Å². The van der Waals surface area contributed by atoms with Crippen molar-refractivity contribution in [3.63, 3.8) is 0 Å². The van der Waals surface area contributed by atoms with Crippen LogP contribution in [0.15, 0.2) is 0 Å². The minimum Gasteiger partial charge on any atom is -0.414 e. The molecule has 7 fully saturated rings. The molecule has 1 aliphatic heterocycles. The third-order valence-corrected chi connectivity index (χ3v) is 24.3. The highest BCUT2D eigenvalue weighted by atomic mass is 28.4. The molecule has 1 saturated heterocycles. The maximum Gasteiger partial charge on any atom is 0.192 e. The second-order valence-corrected chi connectivity index (χ2v) is 31.3. The van der Waals surface area contributed by atoms with Gasteiger partial charge in [-0.15, -0.1) is 4.48 Å². The van der Waals surface area contributed by atoms with Crippen LogP contribution in [0.5, 0.6) is 0 Å². The van der Waals surface area contributed by atoms with Crippen LogP contribution in [0.2, 0.25) is 18.1 Å². The molecular formula is C64H128FNO5Si. The molecule has 6 aliphatic carbocycles. The summed E-state index contributed by atoms with van der Waals surface area (Å²) in [6.45, 7) is 15.7. The van der Waals surface area contributed by atoms with Gasteiger partial charge in [0, 0.05) is 35.8 Å². The smallest absolute Gasteiger partial charge is 0.192 e. The van der Waals surface area contributed by atoms with Crippen LogP contribution in [0.4, 0.5) is 4.48 Å². The van der Waals surface area contributed by atoms with Crippen LogP contribution in [0, 0.1) is 45.3 Å². The Labute approximate surface area is 466 Å². The van der Waals surface area contributed by atoms with Crippen molar-refractivity contribution in [3.8, 4) is 0 Å². The zero-order valence-corrected chi connectivity index (χ0v) is 50.0. The fourth-order valence-electron chi connectivity index (χ4n) is 14.5. The SMILES string of the molecule is C1CCOC1.CCCCCCCC.CCCCCCCC.NF.[2H]C([2H])([2H])C(O)(CCCC1(C2CCC3[C@@H](O)CCC[C@@]32C)CC1)C([2H])([2H])[2H].[2H]C([2H])([2H])C(O)(CCCC1(C2CCC3[C@@H](O[Si](C)(C)C(C)(C)C)CCC[C@@]32C)CC1)C([2H])([2H])[2H]. The van der Waals surface area contributed by atoms with E-state index in [1.165, 1.54) is 116 Å². The van der Waals surface area contributed by atoms with Crippen molar-refractivity contribution >= 4 is 8.32 Å². The first-order valence-electron chi connectivity index (χ1n) is 36.4. The minimum atomic E-state index is -2.92. The number of hydrogen-bond acceptors (Lipinski definition) is 6. The van der Waals surface area contributed by atoms with Crippen molar-refractivity contribution in [2.45, 2.75) is 350 Å². The van der Waals surface area contributed by atoms with E-state index >= 15 is 0 Å². The first-order chi connectivity index (χ1) is 38.8. The average molecular weight is 1050 g/mol. The van der Waals surface area contributed by atoms with Crippen molar-refractivity contribution in [1.82, 2.24) is 0 Å². The second-order valence-electron chi connectivity index (χ2n) is 26.6. The van der Waals surface area contributed by atoms with E-state index in [-0.39, 0.29) is 45.6 Å². The lowest BCUT2D eigenvalue weighted by Crippen LogP contribution is -2.50. The number of unbranched alkanes of at least 4 members (excludes halogenated alkanes) is 10. The molecule has 6 nitrogen and oxygen atoms in total. The molecule has 0 radical (unpaired) electrons. The van der Waals surface area contributed by atoms with Crippen molar-refractivity contribution in [2.24, 2.45) is 51.3 Å². The maximum absolute atomic E-state index is 10.7. The van der Waals surface area contributed by atoms with Gasteiger partial charge in [0.2, 0.25) is 0 Å². The first-order valence-corrected chi connectivity index (χ1v) is 33.3. The summed E-state index contributed by atoms with van der Waals surface area (Å²) in [5.41, 5.74) is -4.59. The van der Waals surface area contributed by atoms with E-state index in [0.717, 1.165) is 90.3 Å². The second kappa shape index (κ2) is 32.1. The molecule has 72 heavy (non-hydrogen) atoms. The molecule has 430 valence electrons. The highest BCUT2D eigenvalue weighted by molar-refractivity contribution is 6.74. The van der Waals surface area contributed by atoms with E-state index in [4.69, 9.17) is 30.1 Å². The zero-order chi connectivity index (χ0) is 64.3. The lowest BCUT2D eigenvalue weighted by atomic mass is 9.60. The van der Waals surface area contributed by atoms with E-state index in [2.05, 4.69) is 81.4 Å². The fraction of sp³-hybridized carbons (Fsp3) is 1.00. The minimum absolute atomic E-state index is 0.137. The fourth-order valence-corrected chi connectivity index (χ4v) is 15.8. The number of fused-ring (bicyclic) bond motifs is 2. The largest absolute Gasteiger partial charge is 0.414 e. The molecule has 0 aromatic heterocycles. The van der Waals surface area contributed by atoms with E-state index < -0.39 is 46.9 Å². The summed E-state index contributed by atoms with van der Waals surface area (Å²) in [5.74, 6) is 5.01. The molecule has 5 N–H and O–H groups in total. The zero-order valence-electron chi connectivity index (χ0n) is 61.0. The van der Waals surface area contributed by atoms with Gasteiger partial charge in [-0.3, -0.25) is 0 Å².